The number of nitrogens with zero attached hydrogens (tertiary/aromatic N) is 4. The van der Waals surface area contributed by atoms with Crippen molar-refractivity contribution in [1.29, 1.82) is 0 Å². The SMILES string of the molecule is O=C(NCC(=O)N1CC[C@H](NC2CCC(O)(c3ccc(-c4cnccn4)cn3)CC2)C1)c1cccc(C(F)(F)F)c1. The van der Waals surface area contributed by atoms with Gasteiger partial charge in [-0.1, -0.05) is 6.07 Å². The van der Waals surface area contributed by atoms with Gasteiger partial charge in [-0.05, 0) is 62.4 Å². The van der Waals surface area contributed by atoms with Crippen molar-refractivity contribution in [3.05, 3.63) is 78.0 Å². The van der Waals surface area contributed by atoms with Gasteiger partial charge in [-0.25, -0.2) is 0 Å². The molecule has 2 amide bonds. The van der Waals surface area contributed by atoms with Gasteiger partial charge in [0.25, 0.3) is 5.91 Å². The molecule has 5 rings (SSSR count). The number of pyridine rings is 1. The summed E-state index contributed by atoms with van der Waals surface area (Å²) in [6.07, 6.45) is 5.40. The number of aromatic nitrogens is 3. The molecule has 3 N–H and O–H groups in total. The van der Waals surface area contributed by atoms with Gasteiger partial charge < -0.3 is 20.6 Å². The maximum Gasteiger partial charge on any atom is 0.416 e. The summed E-state index contributed by atoms with van der Waals surface area (Å²) in [4.78, 5) is 39.5. The standard InChI is InChI=1S/C29H31F3N6O3/c30-29(31,32)21-3-1-2-19(14-21)27(40)36-17-26(39)38-13-8-23(18-38)37-22-6-9-28(41,10-7-22)25-5-4-20(15-35-25)24-16-33-11-12-34-24/h1-5,11-12,14-16,22-23,37,41H,6-10,13,17-18H2,(H,36,40)/t22?,23-,28?/m0/s1. The lowest BCUT2D eigenvalue weighted by atomic mass is 9.79. The van der Waals surface area contributed by atoms with Crippen molar-refractivity contribution in [3.8, 4) is 11.3 Å². The number of carbonyl (C=O) groups excluding carboxylic acids is 2. The van der Waals surface area contributed by atoms with E-state index < -0.39 is 23.2 Å². The maximum atomic E-state index is 12.9. The van der Waals surface area contributed by atoms with Crippen molar-refractivity contribution < 1.29 is 27.9 Å². The minimum Gasteiger partial charge on any atom is -0.384 e. The number of alkyl halides is 3. The monoisotopic (exact) mass is 568 g/mol. The molecule has 2 aliphatic rings. The zero-order valence-corrected chi connectivity index (χ0v) is 22.3. The fourth-order valence-corrected chi connectivity index (χ4v) is 5.45. The Hall–Kier alpha value is -3.90. The number of hydrogen-bond acceptors (Lipinski definition) is 7. The molecule has 216 valence electrons. The number of benzene rings is 1. The van der Waals surface area contributed by atoms with E-state index >= 15 is 0 Å². The van der Waals surface area contributed by atoms with Crippen LogP contribution in [0, 0.1) is 0 Å². The van der Waals surface area contributed by atoms with E-state index in [1.807, 2.05) is 12.1 Å². The van der Waals surface area contributed by atoms with Crippen molar-refractivity contribution in [1.82, 2.24) is 30.5 Å². The molecule has 2 fully saturated rings. The predicted octanol–water partition coefficient (Wildman–Crippen LogP) is 3.31. The van der Waals surface area contributed by atoms with Crippen LogP contribution in [0.2, 0.25) is 0 Å². The summed E-state index contributed by atoms with van der Waals surface area (Å²) in [7, 11) is 0. The molecule has 1 saturated carbocycles. The summed E-state index contributed by atoms with van der Waals surface area (Å²) in [5.74, 6) is -1.02. The Kier molecular flexibility index (Phi) is 8.32. The van der Waals surface area contributed by atoms with Gasteiger partial charge >= 0.3 is 6.18 Å². The number of nitrogens with one attached hydrogen (secondary N) is 2. The van der Waals surface area contributed by atoms with E-state index in [1.54, 1.807) is 29.7 Å². The van der Waals surface area contributed by atoms with E-state index in [-0.39, 0.29) is 30.1 Å². The van der Waals surface area contributed by atoms with E-state index in [0.717, 1.165) is 43.0 Å². The third kappa shape index (κ3) is 6.88. The first-order chi connectivity index (χ1) is 19.6. The summed E-state index contributed by atoms with van der Waals surface area (Å²) >= 11 is 0. The number of hydrogen-bond donors (Lipinski definition) is 3. The molecular weight excluding hydrogens is 537 g/mol. The second kappa shape index (κ2) is 11.9. The van der Waals surface area contributed by atoms with Crippen molar-refractivity contribution in [2.75, 3.05) is 19.6 Å². The summed E-state index contributed by atoms with van der Waals surface area (Å²) in [6, 6.07) is 8.10. The highest BCUT2D eigenvalue weighted by Crippen LogP contribution is 2.37. The summed E-state index contributed by atoms with van der Waals surface area (Å²) < 4.78 is 38.8. The Morgan fingerprint density at radius 1 is 1.02 bits per heavy atom. The lowest BCUT2D eigenvalue weighted by Gasteiger charge is -2.37. The van der Waals surface area contributed by atoms with E-state index in [0.29, 0.717) is 37.3 Å². The summed E-state index contributed by atoms with van der Waals surface area (Å²) in [6.45, 7) is 0.708. The van der Waals surface area contributed by atoms with E-state index in [9.17, 15) is 27.9 Å². The maximum absolute atomic E-state index is 12.9. The molecule has 3 aromatic rings. The van der Waals surface area contributed by atoms with Crippen molar-refractivity contribution >= 4 is 11.8 Å². The van der Waals surface area contributed by atoms with Gasteiger partial charge in [0.2, 0.25) is 5.91 Å². The van der Waals surface area contributed by atoms with Gasteiger partial charge in [-0.15, -0.1) is 0 Å². The van der Waals surface area contributed by atoms with Crippen LogP contribution in [0.25, 0.3) is 11.3 Å². The van der Waals surface area contributed by atoms with Gasteiger partial charge in [0.05, 0.1) is 29.7 Å². The smallest absolute Gasteiger partial charge is 0.384 e. The van der Waals surface area contributed by atoms with Gasteiger partial charge in [0.1, 0.15) is 5.60 Å². The molecule has 9 nitrogen and oxygen atoms in total. The fraction of sp³-hybridized carbons (Fsp3) is 0.414. The Labute approximate surface area is 235 Å². The van der Waals surface area contributed by atoms with Crippen LogP contribution < -0.4 is 10.6 Å². The van der Waals surface area contributed by atoms with E-state index in [1.165, 1.54) is 6.07 Å². The first-order valence-electron chi connectivity index (χ1n) is 13.6. The van der Waals surface area contributed by atoms with Crippen molar-refractivity contribution in [2.24, 2.45) is 0 Å². The Bertz CT molecular complexity index is 1360. The molecule has 0 radical (unpaired) electrons. The van der Waals surface area contributed by atoms with Crippen LogP contribution in [0.3, 0.4) is 0 Å². The number of likely N-dealkylation sites (tertiary alicyclic amines) is 1. The third-order valence-electron chi connectivity index (χ3n) is 7.78. The lowest BCUT2D eigenvalue weighted by Crippen LogP contribution is -2.46. The van der Waals surface area contributed by atoms with Crippen LogP contribution in [0.15, 0.2) is 61.2 Å². The number of halogens is 3. The highest BCUT2D eigenvalue weighted by molar-refractivity contribution is 5.96. The van der Waals surface area contributed by atoms with E-state index in [2.05, 4.69) is 25.6 Å². The molecule has 2 aromatic heterocycles. The minimum atomic E-state index is -4.55. The fourth-order valence-electron chi connectivity index (χ4n) is 5.45. The van der Waals surface area contributed by atoms with Crippen LogP contribution in [-0.4, -0.2) is 68.5 Å². The zero-order valence-electron chi connectivity index (χ0n) is 22.3. The molecule has 1 saturated heterocycles. The van der Waals surface area contributed by atoms with Crippen LogP contribution in [0.1, 0.15) is 53.7 Å². The number of rotatable bonds is 7. The number of carbonyl (C=O) groups is 2. The van der Waals surface area contributed by atoms with Gasteiger partial charge in [-0.3, -0.25) is 24.5 Å². The zero-order chi connectivity index (χ0) is 29.0. The first kappa shape index (κ1) is 28.6. The van der Waals surface area contributed by atoms with E-state index in [4.69, 9.17) is 0 Å². The van der Waals surface area contributed by atoms with Crippen LogP contribution in [-0.2, 0) is 16.6 Å². The molecule has 1 aliphatic heterocycles. The van der Waals surface area contributed by atoms with Gasteiger partial charge in [-0.2, -0.15) is 13.2 Å². The predicted molar refractivity (Wildman–Crippen MR) is 143 cm³/mol. The Morgan fingerprint density at radius 2 is 1.83 bits per heavy atom. The molecule has 0 unspecified atom stereocenters. The minimum absolute atomic E-state index is 0.0821. The van der Waals surface area contributed by atoms with Crippen LogP contribution >= 0.6 is 0 Å². The van der Waals surface area contributed by atoms with Gasteiger partial charge in [0.15, 0.2) is 0 Å². The number of aliphatic hydroxyl groups is 1. The second-order valence-corrected chi connectivity index (χ2v) is 10.6. The second-order valence-electron chi connectivity index (χ2n) is 10.6. The molecule has 0 spiro atoms. The van der Waals surface area contributed by atoms with Crippen molar-refractivity contribution in [3.63, 3.8) is 0 Å². The molecule has 1 aliphatic carbocycles. The van der Waals surface area contributed by atoms with Crippen molar-refractivity contribution in [2.45, 2.75) is 56.0 Å². The average Bonchev–Trinajstić information content (AvgIpc) is 3.46. The Balaban J connectivity index is 1.06. The molecule has 1 aromatic carbocycles. The molecule has 0 bridgehead atoms. The first-order valence-corrected chi connectivity index (χ1v) is 13.6. The summed E-state index contributed by atoms with van der Waals surface area (Å²) in [5.41, 5.74) is 0.105. The highest BCUT2D eigenvalue weighted by Gasteiger charge is 2.37. The molecular formula is C29H31F3N6O3. The largest absolute Gasteiger partial charge is 0.416 e. The normalized spacial score (nSPS) is 22.9. The Morgan fingerprint density at radius 3 is 2.51 bits per heavy atom. The highest BCUT2D eigenvalue weighted by atomic mass is 19.4. The lowest BCUT2D eigenvalue weighted by molar-refractivity contribution is -0.137. The summed E-state index contributed by atoms with van der Waals surface area (Å²) in [5, 5.41) is 17.3. The molecule has 1 atom stereocenters. The topological polar surface area (TPSA) is 120 Å². The average molecular weight is 569 g/mol. The molecule has 41 heavy (non-hydrogen) atoms. The quantitative estimate of drug-likeness (QED) is 0.400. The third-order valence-corrected chi connectivity index (χ3v) is 7.78. The number of amides is 2. The molecule has 12 heteroatoms. The molecule has 3 heterocycles. The van der Waals surface area contributed by atoms with Crippen LogP contribution in [0.4, 0.5) is 13.2 Å². The van der Waals surface area contributed by atoms with Gasteiger partial charge in [0, 0.05) is 54.9 Å². The van der Waals surface area contributed by atoms with Crippen LogP contribution in [0.5, 0.6) is 0 Å².